The molecule has 1 heterocycles. The normalized spacial score (nSPS) is 12.8. The summed E-state index contributed by atoms with van der Waals surface area (Å²) in [5.41, 5.74) is 0.716. The van der Waals surface area contributed by atoms with Gasteiger partial charge < -0.3 is 10.6 Å². The van der Waals surface area contributed by atoms with Crippen LogP contribution in [0.3, 0.4) is 0 Å². The van der Waals surface area contributed by atoms with Crippen molar-refractivity contribution >= 4 is 11.9 Å². The van der Waals surface area contributed by atoms with E-state index in [0.29, 0.717) is 13.1 Å². The summed E-state index contributed by atoms with van der Waals surface area (Å²) in [6.07, 6.45) is 1.70. The highest BCUT2D eigenvalue weighted by Gasteiger charge is 2.19. The van der Waals surface area contributed by atoms with Crippen molar-refractivity contribution in [3.8, 4) is 0 Å². The number of nitrogens with one attached hydrogen (secondary N) is 3. The van der Waals surface area contributed by atoms with Gasteiger partial charge in [-0.25, -0.2) is 9.48 Å². The Kier molecular flexibility index (Phi) is 5.83. The summed E-state index contributed by atoms with van der Waals surface area (Å²) in [6, 6.07) is -1.12. The molecule has 0 aliphatic carbocycles. The number of urea groups is 1. The molecule has 0 saturated carbocycles. The number of carbonyl (C=O) groups is 2. The lowest BCUT2D eigenvalue weighted by Gasteiger charge is -2.19. The highest BCUT2D eigenvalue weighted by Crippen LogP contribution is 2.06. The van der Waals surface area contributed by atoms with Gasteiger partial charge >= 0.3 is 6.03 Å². The molecule has 118 valence electrons. The van der Waals surface area contributed by atoms with Gasteiger partial charge in [0.25, 0.3) is 5.91 Å². The minimum Gasteiger partial charge on any atom is -0.338 e. The topological polar surface area (TPSA) is 101 Å². The van der Waals surface area contributed by atoms with Crippen LogP contribution >= 0.6 is 0 Å². The van der Waals surface area contributed by atoms with Gasteiger partial charge in [-0.1, -0.05) is 5.21 Å². The highest BCUT2D eigenvalue weighted by molar-refractivity contribution is 5.95. The lowest BCUT2D eigenvalue weighted by Crippen LogP contribution is -2.42. The van der Waals surface area contributed by atoms with Crippen molar-refractivity contribution in [1.29, 1.82) is 0 Å². The SMILES string of the molecule is CCNC(=O)NC(=O)C(C)n1cc(CNC(C)(C)C)nn1. The van der Waals surface area contributed by atoms with E-state index in [1.165, 1.54) is 4.68 Å². The van der Waals surface area contributed by atoms with Gasteiger partial charge in [-0.3, -0.25) is 10.1 Å². The van der Waals surface area contributed by atoms with E-state index in [1.807, 2.05) is 0 Å². The number of imide groups is 1. The third kappa shape index (κ3) is 5.90. The first-order valence-corrected chi connectivity index (χ1v) is 6.97. The van der Waals surface area contributed by atoms with Gasteiger partial charge in [0.15, 0.2) is 0 Å². The molecule has 0 spiro atoms. The quantitative estimate of drug-likeness (QED) is 0.737. The van der Waals surface area contributed by atoms with Gasteiger partial charge in [-0.15, -0.1) is 5.10 Å². The summed E-state index contributed by atoms with van der Waals surface area (Å²) in [5, 5.41) is 16.0. The van der Waals surface area contributed by atoms with E-state index < -0.39 is 18.0 Å². The van der Waals surface area contributed by atoms with E-state index in [-0.39, 0.29) is 5.54 Å². The van der Waals surface area contributed by atoms with Crippen LogP contribution in [-0.4, -0.2) is 39.0 Å². The van der Waals surface area contributed by atoms with Crippen molar-refractivity contribution in [2.24, 2.45) is 0 Å². The summed E-state index contributed by atoms with van der Waals surface area (Å²) in [5.74, 6) is -0.429. The third-order valence-corrected chi connectivity index (χ3v) is 2.71. The molecule has 0 bridgehead atoms. The standard InChI is InChI=1S/C13H24N6O2/c1-6-14-12(21)16-11(20)9(2)19-8-10(17-18-19)7-15-13(3,4)5/h8-9,15H,6-7H2,1-5H3,(H2,14,16,20,21). The maximum absolute atomic E-state index is 11.9. The Morgan fingerprint density at radius 1 is 1.38 bits per heavy atom. The second-order valence-corrected chi connectivity index (χ2v) is 5.82. The number of hydrogen-bond donors (Lipinski definition) is 3. The van der Waals surface area contributed by atoms with Gasteiger partial charge in [-0.05, 0) is 34.6 Å². The van der Waals surface area contributed by atoms with Crippen molar-refractivity contribution in [2.45, 2.75) is 52.7 Å². The fourth-order valence-corrected chi connectivity index (χ4v) is 1.48. The van der Waals surface area contributed by atoms with Crippen LogP contribution in [0.5, 0.6) is 0 Å². The Hall–Kier alpha value is -1.96. The molecular formula is C13H24N6O2. The van der Waals surface area contributed by atoms with E-state index in [1.54, 1.807) is 20.0 Å². The molecule has 0 fully saturated rings. The molecule has 1 unspecified atom stereocenters. The first-order valence-electron chi connectivity index (χ1n) is 6.97. The van der Waals surface area contributed by atoms with Crippen LogP contribution in [-0.2, 0) is 11.3 Å². The van der Waals surface area contributed by atoms with E-state index in [4.69, 9.17) is 0 Å². The van der Waals surface area contributed by atoms with Crippen LogP contribution in [0.4, 0.5) is 4.79 Å². The van der Waals surface area contributed by atoms with Crippen molar-refractivity contribution in [3.05, 3.63) is 11.9 Å². The van der Waals surface area contributed by atoms with E-state index in [0.717, 1.165) is 5.69 Å². The number of amides is 3. The number of aromatic nitrogens is 3. The summed E-state index contributed by atoms with van der Waals surface area (Å²) in [6.45, 7) is 10.6. The summed E-state index contributed by atoms with van der Waals surface area (Å²) < 4.78 is 1.44. The van der Waals surface area contributed by atoms with Gasteiger partial charge in [0.05, 0.1) is 11.9 Å². The molecule has 0 saturated heterocycles. The zero-order valence-corrected chi connectivity index (χ0v) is 13.2. The highest BCUT2D eigenvalue weighted by atomic mass is 16.2. The summed E-state index contributed by atoms with van der Waals surface area (Å²) >= 11 is 0. The number of hydrogen-bond acceptors (Lipinski definition) is 5. The van der Waals surface area contributed by atoms with E-state index in [2.05, 4.69) is 47.0 Å². The number of rotatable bonds is 5. The molecule has 8 nitrogen and oxygen atoms in total. The average molecular weight is 296 g/mol. The second-order valence-electron chi connectivity index (χ2n) is 5.82. The smallest absolute Gasteiger partial charge is 0.321 e. The molecular weight excluding hydrogens is 272 g/mol. The lowest BCUT2D eigenvalue weighted by molar-refractivity contribution is -0.123. The van der Waals surface area contributed by atoms with E-state index in [9.17, 15) is 9.59 Å². The molecule has 0 aromatic carbocycles. The lowest BCUT2D eigenvalue weighted by atomic mass is 10.1. The molecule has 1 atom stereocenters. The third-order valence-electron chi connectivity index (χ3n) is 2.71. The molecule has 1 rings (SSSR count). The van der Waals surface area contributed by atoms with Gasteiger partial charge in [0, 0.05) is 18.6 Å². The molecule has 0 aliphatic rings. The van der Waals surface area contributed by atoms with Crippen molar-refractivity contribution in [3.63, 3.8) is 0 Å². The minimum atomic E-state index is -0.608. The predicted molar refractivity (Wildman–Crippen MR) is 78.5 cm³/mol. The number of nitrogens with zero attached hydrogens (tertiary/aromatic N) is 3. The summed E-state index contributed by atoms with van der Waals surface area (Å²) in [7, 11) is 0. The molecule has 21 heavy (non-hydrogen) atoms. The zero-order chi connectivity index (χ0) is 16.0. The van der Waals surface area contributed by atoms with Crippen LogP contribution in [0, 0.1) is 0 Å². The molecule has 0 aliphatic heterocycles. The minimum absolute atomic E-state index is 0.0228. The number of carbonyl (C=O) groups excluding carboxylic acids is 2. The maximum atomic E-state index is 11.9. The van der Waals surface area contributed by atoms with Crippen LogP contribution in [0.25, 0.3) is 0 Å². The van der Waals surface area contributed by atoms with Gasteiger partial charge in [0.1, 0.15) is 6.04 Å². The fourth-order valence-electron chi connectivity index (χ4n) is 1.48. The zero-order valence-electron chi connectivity index (χ0n) is 13.2. The monoisotopic (exact) mass is 296 g/mol. The first kappa shape index (κ1) is 17.1. The van der Waals surface area contributed by atoms with Crippen molar-refractivity contribution < 1.29 is 9.59 Å². The molecule has 3 amide bonds. The van der Waals surface area contributed by atoms with Gasteiger partial charge in [-0.2, -0.15) is 0 Å². The van der Waals surface area contributed by atoms with Crippen molar-refractivity contribution in [1.82, 2.24) is 30.9 Å². The Labute approximate surface area is 124 Å². The second kappa shape index (κ2) is 7.16. The Morgan fingerprint density at radius 3 is 2.62 bits per heavy atom. The Balaban J connectivity index is 2.59. The Morgan fingerprint density at radius 2 is 2.05 bits per heavy atom. The van der Waals surface area contributed by atoms with Gasteiger partial charge in [0.2, 0.25) is 0 Å². The Bertz CT molecular complexity index is 491. The largest absolute Gasteiger partial charge is 0.338 e. The molecule has 0 radical (unpaired) electrons. The predicted octanol–water partition coefficient (Wildman–Crippen LogP) is 0.573. The van der Waals surface area contributed by atoms with Crippen LogP contribution in [0.2, 0.25) is 0 Å². The van der Waals surface area contributed by atoms with Crippen molar-refractivity contribution in [2.75, 3.05) is 6.54 Å². The van der Waals surface area contributed by atoms with Crippen LogP contribution < -0.4 is 16.0 Å². The summed E-state index contributed by atoms with van der Waals surface area (Å²) in [4.78, 5) is 23.2. The van der Waals surface area contributed by atoms with E-state index >= 15 is 0 Å². The molecule has 1 aromatic heterocycles. The molecule has 8 heteroatoms. The maximum Gasteiger partial charge on any atom is 0.321 e. The fraction of sp³-hybridized carbons (Fsp3) is 0.692. The van der Waals surface area contributed by atoms with Crippen LogP contribution in [0.15, 0.2) is 6.20 Å². The van der Waals surface area contributed by atoms with Crippen LogP contribution in [0.1, 0.15) is 46.4 Å². The molecule has 3 N–H and O–H groups in total. The average Bonchev–Trinajstić information content (AvgIpc) is 2.83. The first-order chi connectivity index (χ1) is 9.73. The molecule has 1 aromatic rings.